The van der Waals surface area contributed by atoms with Gasteiger partial charge in [0.1, 0.15) is 11.3 Å². The Morgan fingerprint density at radius 1 is 0.962 bits per heavy atom. The monoisotopic (exact) mass is 368 g/mol. The molecule has 1 N–H and O–H groups in total. The molecule has 3 aromatic rings. The molecular weight excluding hydrogens is 359 g/mol. The van der Waals surface area contributed by atoms with Gasteiger partial charge in [-0.3, -0.25) is 9.78 Å². The zero-order chi connectivity index (χ0) is 19.0. The second-order valence-electron chi connectivity index (χ2n) is 5.18. The molecule has 4 nitrogen and oxygen atoms in total. The fourth-order valence-corrected chi connectivity index (χ4v) is 2.29. The number of hydrogen-bond donors (Lipinski definition) is 1. The highest BCUT2D eigenvalue weighted by atomic mass is 19.2. The van der Waals surface area contributed by atoms with Gasteiger partial charge in [-0.25, -0.2) is 22.0 Å². The van der Waals surface area contributed by atoms with E-state index in [1.54, 1.807) is 18.2 Å². The number of hydrogen-bond acceptors (Lipinski definition) is 3. The molecule has 9 heteroatoms. The maximum absolute atomic E-state index is 13.7. The smallest absolute Gasteiger partial charge is 0.261 e. The van der Waals surface area contributed by atoms with Crippen molar-refractivity contribution in [1.29, 1.82) is 0 Å². The molecule has 0 spiro atoms. The first kappa shape index (κ1) is 17.6. The number of ether oxygens (including phenoxy) is 1. The molecule has 0 atom stereocenters. The van der Waals surface area contributed by atoms with Gasteiger partial charge in [-0.05, 0) is 18.2 Å². The fourth-order valence-electron chi connectivity index (χ4n) is 2.29. The van der Waals surface area contributed by atoms with E-state index in [0.717, 1.165) is 0 Å². The number of amides is 1. The van der Waals surface area contributed by atoms with Crippen molar-refractivity contribution in [2.45, 2.75) is 0 Å². The number of carbonyl (C=O) groups excluding carboxylic acids is 1. The van der Waals surface area contributed by atoms with Gasteiger partial charge in [0, 0.05) is 11.5 Å². The number of carbonyl (C=O) groups is 1. The van der Waals surface area contributed by atoms with Gasteiger partial charge in [-0.2, -0.15) is 0 Å². The lowest BCUT2D eigenvalue weighted by Crippen LogP contribution is -2.19. The molecule has 0 aliphatic carbocycles. The van der Waals surface area contributed by atoms with Crippen LogP contribution in [-0.2, 0) is 0 Å². The molecule has 0 radical (unpaired) electrons. The number of rotatable bonds is 3. The summed E-state index contributed by atoms with van der Waals surface area (Å²) in [6.07, 6.45) is 1.17. The number of methoxy groups -OCH3 is 1. The van der Waals surface area contributed by atoms with Crippen LogP contribution in [0.5, 0.6) is 5.75 Å². The number of nitrogens with one attached hydrogen (secondary N) is 1. The third kappa shape index (κ3) is 2.92. The van der Waals surface area contributed by atoms with Gasteiger partial charge in [-0.1, -0.05) is 0 Å². The second kappa shape index (κ2) is 6.58. The number of pyridine rings is 1. The van der Waals surface area contributed by atoms with E-state index in [-0.39, 0.29) is 5.69 Å². The minimum Gasteiger partial charge on any atom is -0.497 e. The maximum atomic E-state index is 13.7. The van der Waals surface area contributed by atoms with Crippen molar-refractivity contribution in [3.8, 4) is 5.75 Å². The SMILES string of the molecule is COc1ccc2cc(NC(=O)c3c(F)c(F)c(F)c(F)c3F)cnc2c1. The molecule has 2 aromatic carbocycles. The molecule has 0 aliphatic rings. The second-order valence-corrected chi connectivity index (χ2v) is 5.18. The minimum atomic E-state index is -2.34. The summed E-state index contributed by atoms with van der Waals surface area (Å²) in [6, 6.07) is 6.28. The number of anilines is 1. The molecule has 1 aromatic heterocycles. The Kier molecular flexibility index (Phi) is 4.45. The molecular formula is C17H9F5N2O2. The van der Waals surface area contributed by atoms with Crippen molar-refractivity contribution in [2.24, 2.45) is 0 Å². The Labute approximate surface area is 143 Å². The standard InChI is InChI=1S/C17H9F5N2O2/c1-26-9-3-2-7-4-8(6-23-10(7)5-9)24-17(25)11-12(18)14(20)16(22)15(21)13(11)19/h2-6H,1H3,(H,24,25). The summed E-state index contributed by atoms with van der Waals surface area (Å²) in [7, 11) is 1.47. The maximum Gasteiger partial charge on any atom is 0.261 e. The summed E-state index contributed by atoms with van der Waals surface area (Å²) in [5, 5.41) is 2.62. The Balaban J connectivity index is 1.97. The van der Waals surface area contributed by atoms with Crippen LogP contribution in [0.1, 0.15) is 10.4 Å². The summed E-state index contributed by atoms with van der Waals surface area (Å²) >= 11 is 0. The highest BCUT2D eigenvalue weighted by molar-refractivity contribution is 6.05. The van der Waals surface area contributed by atoms with E-state index in [0.29, 0.717) is 16.7 Å². The summed E-state index contributed by atoms with van der Waals surface area (Å²) in [5.41, 5.74) is -1.05. The number of halogens is 5. The molecule has 0 aliphatic heterocycles. The molecule has 0 saturated heterocycles. The van der Waals surface area contributed by atoms with Crippen LogP contribution in [0.25, 0.3) is 10.9 Å². The summed E-state index contributed by atoms with van der Waals surface area (Å²) in [6.45, 7) is 0. The number of fused-ring (bicyclic) bond motifs is 1. The quantitative estimate of drug-likeness (QED) is 0.428. The summed E-state index contributed by atoms with van der Waals surface area (Å²) < 4.78 is 71.9. The zero-order valence-corrected chi connectivity index (χ0v) is 13.0. The van der Waals surface area contributed by atoms with E-state index in [1.807, 2.05) is 0 Å². The molecule has 3 rings (SSSR count). The van der Waals surface area contributed by atoms with Crippen molar-refractivity contribution in [2.75, 3.05) is 12.4 Å². The third-order valence-electron chi connectivity index (χ3n) is 3.59. The lowest BCUT2D eigenvalue weighted by molar-refractivity contribution is 0.101. The number of nitrogens with zero attached hydrogens (tertiary/aromatic N) is 1. The molecule has 1 amide bonds. The first-order valence-corrected chi connectivity index (χ1v) is 7.10. The van der Waals surface area contributed by atoms with Gasteiger partial charge >= 0.3 is 0 Å². The molecule has 0 unspecified atom stereocenters. The van der Waals surface area contributed by atoms with Crippen molar-refractivity contribution in [3.05, 3.63) is 65.1 Å². The van der Waals surface area contributed by atoms with Gasteiger partial charge < -0.3 is 10.1 Å². The van der Waals surface area contributed by atoms with Crippen LogP contribution < -0.4 is 10.1 Å². The van der Waals surface area contributed by atoms with Crippen molar-refractivity contribution in [3.63, 3.8) is 0 Å². The van der Waals surface area contributed by atoms with Crippen LogP contribution in [0.15, 0.2) is 30.5 Å². The van der Waals surface area contributed by atoms with Crippen LogP contribution in [-0.4, -0.2) is 18.0 Å². The van der Waals surface area contributed by atoms with Crippen molar-refractivity contribution >= 4 is 22.5 Å². The molecule has 0 bridgehead atoms. The Morgan fingerprint density at radius 3 is 2.19 bits per heavy atom. The van der Waals surface area contributed by atoms with Gasteiger partial charge in [0.05, 0.1) is 24.5 Å². The van der Waals surface area contributed by atoms with Crippen LogP contribution in [0.4, 0.5) is 27.6 Å². The van der Waals surface area contributed by atoms with Gasteiger partial charge in [0.25, 0.3) is 5.91 Å². The topological polar surface area (TPSA) is 51.2 Å². The van der Waals surface area contributed by atoms with E-state index in [2.05, 4.69) is 10.3 Å². The predicted octanol–water partition coefficient (Wildman–Crippen LogP) is 4.19. The van der Waals surface area contributed by atoms with Crippen LogP contribution in [0, 0.1) is 29.1 Å². The van der Waals surface area contributed by atoms with E-state index in [4.69, 9.17) is 4.74 Å². The highest BCUT2D eigenvalue weighted by Crippen LogP contribution is 2.25. The normalized spacial score (nSPS) is 10.8. The van der Waals surface area contributed by atoms with E-state index < -0.39 is 40.6 Å². The average Bonchev–Trinajstić information content (AvgIpc) is 2.64. The largest absolute Gasteiger partial charge is 0.497 e. The minimum absolute atomic E-state index is 0.0107. The molecule has 26 heavy (non-hydrogen) atoms. The Hall–Kier alpha value is -3.23. The van der Waals surface area contributed by atoms with E-state index in [9.17, 15) is 26.7 Å². The van der Waals surface area contributed by atoms with Gasteiger partial charge in [0.15, 0.2) is 23.3 Å². The van der Waals surface area contributed by atoms with Crippen molar-refractivity contribution < 1.29 is 31.5 Å². The van der Waals surface area contributed by atoms with Crippen LogP contribution in [0.2, 0.25) is 0 Å². The molecule has 1 heterocycles. The lowest BCUT2D eigenvalue weighted by Gasteiger charge is -2.10. The summed E-state index contributed by atoms with van der Waals surface area (Å²) in [4.78, 5) is 16.1. The number of aromatic nitrogens is 1. The Morgan fingerprint density at radius 2 is 1.58 bits per heavy atom. The van der Waals surface area contributed by atoms with E-state index in [1.165, 1.54) is 19.4 Å². The fraction of sp³-hybridized carbons (Fsp3) is 0.0588. The van der Waals surface area contributed by atoms with E-state index >= 15 is 0 Å². The Bertz CT molecular complexity index is 1010. The average molecular weight is 368 g/mol. The van der Waals surface area contributed by atoms with Crippen molar-refractivity contribution in [1.82, 2.24) is 4.98 Å². The summed E-state index contributed by atoms with van der Waals surface area (Å²) in [5.74, 6) is -12.1. The first-order chi connectivity index (χ1) is 12.3. The zero-order valence-electron chi connectivity index (χ0n) is 13.0. The first-order valence-electron chi connectivity index (χ1n) is 7.10. The molecule has 0 saturated carbocycles. The third-order valence-corrected chi connectivity index (χ3v) is 3.59. The van der Waals surface area contributed by atoms with Crippen LogP contribution in [0.3, 0.4) is 0 Å². The highest BCUT2D eigenvalue weighted by Gasteiger charge is 2.29. The predicted molar refractivity (Wildman–Crippen MR) is 82.5 cm³/mol. The van der Waals surface area contributed by atoms with Crippen LogP contribution >= 0.6 is 0 Å². The van der Waals surface area contributed by atoms with Gasteiger partial charge in [-0.15, -0.1) is 0 Å². The lowest BCUT2D eigenvalue weighted by atomic mass is 10.1. The molecule has 134 valence electrons. The molecule has 0 fully saturated rings. The van der Waals surface area contributed by atoms with Gasteiger partial charge in [0.2, 0.25) is 5.82 Å². The number of benzene rings is 2.